The van der Waals surface area contributed by atoms with Crippen LogP contribution in [0.4, 0.5) is 10.5 Å². The largest absolute Gasteiger partial charge is 0.477 e. The molecule has 6 heteroatoms. The molecule has 1 aromatic heterocycles. The lowest BCUT2D eigenvalue weighted by molar-refractivity contribution is 0.0690. The first-order valence-corrected chi connectivity index (χ1v) is 5.31. The van der Waals surface area contributed by atoms with Gasteiger partial charge in [-0.25, -0.2) is 14.6 Å². The van der Waals surface area contributed by atoms with Crippen molar-refractivity contribution in [1.29, 1.82) is 0 Å². The summed E-state index contributed by atoms with van der Waals surface area (Å²) in [7, 11) is 1.74. The maximum Gasteiger partial charge on any atom is 0.354 e. The lowest BCUT2D eigenvalue weighted by atomic mass is 10.3. The molecule has 0 aliphatic heterocycles. The summed E-state index contributed by atoms with van der Waals surface area (Å²) in [6, 6.07) is 3.02. The summed E-state index contributed by atoms with van der Waals surface area (Å²) in [4.78, 5) is 27.6. The number of hydrogen-bond donors (Lipinski definition) is 2. The minimum atomic E-state index is -1.09. The molecule has 1 heterocycles. The van der Waals surface area contributed by atoms with Gasteiger partial charge in [0, 0.05) is 13.1 Å². The summed E-state index contributed by atoms with van der Waals surface area (Å²) >= 11 is 0. The molecular formula is C11H13N3O3. The van der Waals surface area contributed by atoms with E-state index in [1.165, 1.54) is 18.3 Å². The van der Waals surface area contributed by atoms with E-state index in [0.717, 1.165) is 12.8 Å². The number of hydrogen-bond acceptors (Lipinski definition) is 3. The molecule has 0 unspecified atom stereocenters. The van der Waals surface area contributed by atoms with Gasteiger partial charge in [-0.15, -0.1) is 0 Å². The molecule has 1 aromatic rings. The van der Waals surface area contributed by atoms with Crippen molar-refractivity contribution in [3.63, 3.8) is 0 Å². The molecule has 0 atom stereocenters. The Morgan fingerprint density at radius 1 is 1.47 bits per heavy atom. The second kappa shape index (κ2) is 4.40. The van der Waals surface area contributed by atoms with E-state index in [1.54, 1.807) is 11.9 Å². The molecular weight excluding hydrogens is 222 g/mol. The number of carboxylic acid groups (broad SMARTS) is 1. The molecule has 1 saturated carbocycles. The van der Waals surface area contributed by atoms with Crippen molar-refractivity contribution in [3.8, 4) is 0 Å². The lowest BCUT2D eigenvalue weighted by Crippen LogP contribution is -2.33. The van der Waals surface area contributed by atoms with Gasteiger partial charge >= 0.3 is 12.0 Å². The zero-order chi connectivity index (χ0) is 12.4. The fourth-order valence-electron chi connectivity index (χ4n) is 1.43. The second-order valence-corrected chi connectivity index (χ2v) is 4.01. The van der Waals surface area contributed by atoms with Crippen molar-refractivity contribution in [2.45, 2.75) is 18.9 Å². The topological polar surface area (TPSA) is 82.5 Å². The first-order valence-electron chi connectivity index (χ1n) is 5.31. The highest BCUT2D eigenvalue weighted by Gasteiger charge is 2.29. The van der Waals surface area contributed by atoms with Crippen LogP contribution in [0.15, 0.2) is 18.3 Å². The van der Waals surface area contributed by atoms with Crippen LogP contribution >= 0.6 is 0 Å². The maximum atomic E-state index is 11.7. The smallest absolute Gasteiger partial charge is 0.354 e. The van der Waals surface area contributed by atoms with Crippen molar-refractivity contribution in [1.82, 2.24) is 9.88 Å². The van der Waals surface area contributed by atoms with Crippen LogP contribution < -0.4 is 5.32 Å². The van der Waals surface area contributed by atoms with Crippen molar-refractivity contribution in [2.24, 2.45) is 0 Å². The van der Waals surface area contributed by atoms with Gasteiger partial charge in [0.05, 0.1) is 11.9 Å². The molecule has 0 aromatic carbocycles. The number of carbonyl (C=O) groups excluding carboxylic acids is 1. The van der Waals surface area contributed by atoms with E-state index < -0.39 is 5.97 Å². The van der Waals surface area contributed by atoms with Gasteiger partial charge in [0.2, 0.25) is 0 Å². The van der Waals surface area contributed by atoms with Crippen molar-refractivity contribution < 1.29 is 14.7 Å². The maximum absolute atomic E-state index is 11.7. The predicted octanol–water partition coefficient (Wildman–Crippen LogP) is 1.41. The van der Waals surface area contributed by atoms with Gasteiger partial charge in [-0.05, 0) is 25.0 Å². The first-order chi connectivity index (χ1) is 8.08. The molecule has 1 fully saturated rings. The summed E-state index contributed by atoms with van der Waals surface area (Å²) in [6.07, 6.45) is 3.42. The number of aromatic carboxylic acids is 1. The van der Waals surface area contributed by atoms with E-state index in [0.29, 0.717) is 11.7 Å². The van der Waals surface area contributed by atoms with E-state index in [1.807, 2.05) is 0 Å². The fourth-order valence-corrected chi connectivity index (χ4v) is 1.43. The Hall–Kier alpha value is -2.11. The number of nitrogens with one attached hydrogen (secondary N) is 1. The highest BCUT2D eigenvalue weighted by molar-refractivity contribution is 5.90. The Morgan fingerprint density at radius 3 is 2.65 bits per heavy atom. The third-order valence-corrected chi connectivity index (χ3v) is 2.65. The normalized spacial score (nSPS) is 14.2. The molecule has 0 spiro atoms. The Morgan fingerprint density at radius 2 is 2.18 bits per heavy atom. The molecule has 90 valence electrons. The van der Waals surface area contributed by atoms with E-state index in [-0.39, 0.29) is 11.7 Å². The van der Waals surface area contributed by atoms with Crippen molar-refractivity contribution in [2.75, 3.05) is 12.4 Å². The van der Waals surface area contributed by atoms with Gasteiger partial charge < -0.3 is 15.3 Å². The third kappa shape index (κ3) is 2.72. The molecule has 1 aliphatic rings. The average molecular weight is 235 g/mol. The average Bonchev–Trinajstić information content (AvgIpc) is 3.12. The molecule has 2 N–H and O–H groups in total. The monoisotopic (exact) mass is 235 g/mol. The highest BCUT2D eigenvalue weighted by Crippen LogP contribution is 2.25. The summed E-state index contributed by atoms with van der Waals surface area (Å²) < 4.78 is 0. The van der Waals surface area contributed by atoms with E-state index in [2.05, 4.69) is 10.3 Å². The second-order valence-electron chi connectivity index (χ2n) is 4.01. The third-order valence-electron chi connectivity index (χ3n) is 2.65. The number of pyridine rings is 1. The first kappa shape index (κ1) is 11.4. The van der Waals surface area contributed by atoms with Crippen LogP contribution in [0.3, 0.4) is 0 Å². The molecule has 0 saturated heterocycles. The van der Waals surface area contributed by atoms with Crippen LogP contribution in [0.25, 0.3) is 0 Å². The quantitative estimate of drug-likeness (QED) is 0.829. The zero-order valence-electron chi connectivity index (χ0n) is 9.38. The van der Waals surface area contributed by atoms with Crippen LogP contribution in [-0.2, 0) is 0 Å². The van der Waals surface area contributed by atoms with E-state index in [9.17, 15) is 9.59 Å². The van der Waals surface area contributed by atoms with Gasteiger partial charge in [0.25, 0.3) is 0 Å². The summed E-state index contributed by atoms with van der Waals surface area (Å²) in [6.45, 7) is 0. The highest BCUT2D eigenvalue weighted by atomic mass is 16.4. The Balaban J connectivity index is 1.98. The van der Waals surface area contributed by atoms with Crippen molar-refractivity contribution in [3.05, 3.63) is 24.0 Å². The standard InChI is InChI=1S/C11H13N3O3/c1-14(8-3-4-8)11(17)13-7-2-5-9(10(15)16)12-6-7/h2,5-6,8H,3-4H2,1H3,(H,13,17)(H,15,16). The summed E-state index contributed by atoms with van der Waals surface area (Å²) in [5, 5.41) is 11.3. The molecule has 1 aliphatic carbocycles. The Bertz CT molecular complexity index is 440. The zero-order valence-corrected chi connectivity index (χ0v) is 9.38. The van der Waals surface area contributed by atoms with Gasteiger partial charge in [-0.2, -0.15) is 0 Å². The van der Waals surface area contributed by atoms with Gasteiger partial charge in [0.15, 0.2) is 0 Å². The van der Waals surface area contributed by atoms with Gasteiger partial charge in [-0.3, -0.25) is 0 Å². The number of rotatable bonds is 3. The number of aromatic nitrogens is 1. The number of anilines is 1. The van der Waals surface area contributed by atoms with E-state index in [4.69, 9.17) is 5.11 Å². The number of carboxylic acids is 1. The molecule has 6 nitrogen and oxygen atoms in total. The molecule has 2 rings (SSSR count). The number of nitrogens with zero attached hydrogens (tertiary/aromatic N) is 2. The van der Waals surface area contributed by atoms with E-state index >= 15 is 0 Å². The number of carbonyl (C=O) groups is 2. The van der Waals surface area contributed by atoms with Crippen LogP contribution in [0.1, 0.15) is 23.3 Å². The molecule has 0 bridgehead atoms. The fraction of sp³-hybridized carbons (Fsp3) is 0.364. The van der Waals surface area contributed by atoms with Crippen LogP contribution in [0, 0.1) is 0 Å². The SMILES string of the molecule is CN(C(=O)Nc1ccc(C(=O)O)nc1)C1CC1. The predicted molar refractivity (Wildman–Crippen MR) is 61.0 cm³/mol. The lowest BCUT2D eigenvalue weighted by Gasteiger charge is -2.16. The number of urea groups is 1. The minimum absolute atomic E-state index is 0.0430. The van der Waals surface area contributed by atoms with Gasteiger partial charge in [0.1, 0.15) is 5.69 Å². The number of amides is 2. The Kier molecular flexibility index (Phi) is 2.95. The summed E-state index contributed by atoms with van der Waals surface area (Å²) in [5.41, 5.74) is 0.450. The minimum Gasteiger partial charge on any atom is -0.477 e. The summed E-state index contributed by atoms with van der Waals surface area (Å²) in [5.74, 6) is -1.09. The molecule has 17 heavy (non-hydrogen) atoms. The molecule has 0 radical (unpaired) electrons. The van der Waals surface area contributed by atoms with Gasteiger partial charge in [-0.1, -0.05) is 0 Å². The Labute approximate surface area is 98.3 Å². The van der Waals surface area contributed by atoms with Crippen molar-refractivity contribution >= 4 is 17.7 Å². The van der Waals surface area contributed by atoms with Crippen LogP contribution in [0.2, 0.25) is 0 Å². The van der Waals surface area contributed by atoms with Crippen LogP contribution in [-0.4, -0.2) is 40.1 Å². The molecule has 2 amide bonds. The van der Waals surface area contributed by atoms with Crippen LogP contribution in [0.5, 0.6) is 0 Å².